The molecular formula is C23H23NO2. The van der Waals surface area contributed by atoms with Gasteiger partial charge in [0.2, 0.25) is 5.91 Å². The van der Waals surface area contributed by atoms with Crippen molar-refractivity contribution >= 4 is 22.4 Å². The van der Waals surface area contributed by atoms with Crippen molar-refractivity contribution in [3.8, 4) is 5.75 Å². The summed E-state index contributed by atoms with van der Waals surface area (Å²) in [5, 5.41) is 5.19. The smallest absolute Gasteiger partial charge is 0.235 e. The van der Waals surface area contributed by atoms with Crippen LogP contribution >= 0.6 is 0 Å². The van der Waals surface area contributed by atoms with Gasteiger partial charge in [-0.05, 0) is 44.4 Å². The number of benzene rings is 3. The first kappa shape index (κ1) is 16.6. The van der Waals surface area contributed by atoms with Gasteiger partial charge < -0.3 is 10.1 Å². The van der Waals surface area contributed by atoms with E-state index in [0.717, 1.165) is 40.6 Å². The average Bonchev–Trinajstić information content (AvgIpc) is 3.46. The molecule has 132 valence electrons. The third-order valence-corrected chi connectivity index (χ3v) is 5.01. The second kappa shape index (κ2) is 6.49. The maximum atomic E-state index is 13.1. The molecular weight excluding hydrogens is 322 g/mol. The summed E-state index contributed by atoms with van der Waals surface area (Å²) in [4.78, 5) is 13.1. The van der Waals surface area contributed by atoms with Gasteiger partial charge >= 0.3 is 0 Å². The Hall–Kier alpha value is -2.81. The van der Waals surface area contributed by atoms with Gasteiger partial charge in [0.15, 0.2) is 0 Å². The number of hydrogen-bond acceptors (Lipinski definition) is 2. The predicted molar refractivity (Wildman–Crippen MR) is 106 cm³/mol. The van der Waals surface area contributed by atoms with E-state index in [1.54, 1.807) is 0 Å². The normalized spacial score (nSPS) is 15.0. The molecule has 0 aromatic heterocycles. The molecule has 1 aliphatic carbocycles. The molecule has 0 heterocycles. The molecule has 0 bridgehead atoms. The molecule has 1 N–H and O–H groups in total. The first-order chi connectivity index (χ1) is 12.6. The molecule has 3 aromatic rings. The number of carbonyl (C=O) groups is 1. The minimum absolute atomic E-state index is 0.0754. The summed E-state index contributed by atoms with van der Waals surface area (Å²) in [6.45, 7) is 4.03. The summed E-state index contributed by atoms with van der Waals surface area (Å²) < 4.78 is 5.92. The van der Waals surface area contributed by atoms with Gasteiger partial charge in [-0.2, -0.15) is 0 Å². The average molecular weight is 345 g/mol. The maximum Gasteiger partial charge on any atom is 0.235 e. The standard InChI is InChI=1S/C23H23NO2/c1-16(2)26-21-13-12-20(18-10-6-7-11-19(18)21)24-22(25)23(14-15-23)17-8-4-3-5-9-17/h3-13,16H,14-15H2,1-2H3,(H,24,25). The lowest BCUT2D eigenvalue weighted by molar-refractivity contribution is -0.118. The van der Waals surface area contributed by atoms with Crippen LogP contribution in [0.3, 0.4) is 0 Å². The van der Waals surface area contributed by atoms with Gasteiger partial charge in [0.25, 0.3) is 0 Å². The van der Waals surface area contributed by atoms with E-state index in [1.165, 1.54) is 0 Å². The highest BCUT2D eigenvalue weighted by Gasteiger charge is 2.51. The van der Waals surface area contributed by atoms with Crippen molar-refractivity contribution in [3.05, 3.63) is 72.3 Å². The summed E-state index contributed by atoms with van der Waals surface area (Å²) in [7, 11) is 0. The summed E-state index contributed by atoms with van der Waals surface area (Å²) in [6.07, 6.45) is 1.90. The zero-order valence-electron chi connectivity index (χ0n) is 15.2. The van der Waals surface area contributed by atoms with Gasteiger partial charge in [-0.25, -0.2) is 0 Å². The quantitative estimate of drug-likeness (QED) is 0.681. The summed E-state index contributed by atoms with van der Waals surface area (Å²) >= 11 is 0. The van der Waals surface area contributed by atoms with Crippen molar-refractivity contribution < 1.29 is 9.53 Å². The third kappa shape index (κ3) is 2.94. The summed E-state index contributed by atoms with van der Waals surface area (Å²) in [6, 6.07) is 22.0. The molecule has 0 saturated heterocycles. The van der Waals surface area contributed by atoms with Crippen LogP contribution in [0, 0.1) is 0 Å². The second-order valence-electron chi connectivity index (χ2n) is 7.23. The van der Waals surface area contributed by atoms with E-state index >= 15 is 0 Å². The molecule has 4 rings (SSSR count). The van der Waals surface area contributed by atoms with Crippen molar-refractivity contribution in [1.29, 1.82) is 0 Å². The summed E-state index contributed by atoms with van der Waals surface area (Å²) in [5.74, 6) is 0.921. The second-order valence-corrected chi connectivity index (χ2v) is 7.23. The van der Waals surface area contributed by atoms with Crippen molar-refractivity contribution in [2.45, 2.75) is 38.2 Å². The van der Waals surface area contributed by atoms with E-state index in [0.29, 0.717) is 0 Å². The molecule has 3 nitrogen and oxygen atoms in total. The number of anilines is 1. The molecule has 1 amide bonds. The van der Waals surface area contributed by atoms with E-state index in [-0.39, 0.29) is 17.4 Å². The van der Waals surface area contributed by atoms with Crippen molar-refractivity contribution in [2.75, 3.05) is 5.32 Å². The maximum absolute atomic E-state index is 13.1. The first-order valence-electron chi connectivity index (χ1n) is 9.15. The molecule has 1 fully saturated rings. The number of hydrogen-bond donors (Lipinski definition) is 1. The van der Waals surface area contributed by atoms with Crippen LogP contribution in [0.1, 0.15) is 32.3 Å². The van der Waals surface area contributed by atoms with Crippen molar-refractivity contribution in [3.63, 3.8) is 0 Å². The summed E-state index contributed by atoms with van der Waals surface area (Å²) in [5.41, 5.74) is 1.56. The molecule has 0 spiro atoms. The Bertz CT molecular complexity index is 943. The van der Waals surface area contributed by atoms with Crippen LogP contribution in [-0.4, -0.2) is 12.0 Å². The van der Waals surface area contributed by atoms with E-state index < -0.39 is 0 Å². The lowest BCUT2D eigenvalue weighted by Gasteiger charge is -2.18. The molecule has 0 radical (unpaired) electrons. The van der Waals surface area contributed by atoms with Gasteiger partial charge in [0.1, 0.15) is 5.75 Å². The largest absolute Gasteiger partial charge is 0.490 e. The Labute approximate surface area is 154 Å². The van der Waals surface area contributed by atoms with Crippen LogP contribution in [0.15, 0.2) is 66.7 Å². The zero-order chi connectivity index (χ0) is 18.1. The van der Waals surface area contributed by atoms with E-state index in [2.05, 4.69) is 5.32 Å². The number of fused-ring (bicyclic) bond motifs is 1. The first-order valence-corrected chi connectivity index (χ1v) is 9.15. The molecule has 0 aliphatic heterocycles. The molecule has 26 heavy (non-hydrogen) atoms. The monoisotopic (exact) mass is 345 g/mol. The highest BCUT2D eigenvalue weighted by Crippen LogP contribution is 2.49. The molecule has 3 heteroatoms. The lowest BCUT2D eigenvalue weighted by Crippen LogP contribution is -2.27. The van der Waals surface area contributed by atoms with Crippen LogP contribution < -0.4 is 10.1 Å². The fraction of sp³-hybridized carbons (Fsp3) is 0.261. The van der Waals surface area contributed by atoms with Crippen LogP contribution in [-0.2, 0) is 10.2 Å². The molecule has 1 aliphatic rings. The topological polar surface area (TPSA) is 38.3 Å². The Balaban J connectivity index is 1.67. The van der Waals surface area contributed by atoms with Crippen molar-refractivity contribution in [2.24, 2.45) is 0 Å². The zero-order valence-corrected chi connectivity index (χ0v) is 15.2. The molecule has 0 atom stereocenters. The van der Waals surface area contributed by atoms with E-state index in [9.17, 15) is 4.79 Å². The minimum Gasteiger partial charge on any atom is -0.490 e. The van der Waals surface area contributed by atoms with E-state index in [1.807, 2.05) is 80.6 Å². The van der Waals surface area contributed by atoms with Crippen LogP contribution in [0.5, 0.6) is 5.75 Å². The molecule has 0 unspecified atom stereocenters. The lowest BCUT2D eigenvalue weighted by atomic mass is 9.94. The minimum atomic E-state index is -0.379. The number of rotatable bonds is 5. The number of ether oxygens (including phenoxy) is 1. The number of nitrogens with one attached hydrogen (secondary N) is 1. The predicted octanol–water partition coefficient (Wildman–Crippen LogP) is 5.30. The van der Waals surface area contributed by atoms with E-state index in [4.69, 9.17) is 4.74 Å². The molecule has 3 aromatic carbocycles. The van der Waals surface area contributed by atoms with Crippen LogP contribution in [0.2, 0.25) is 0 Å². The van der Waals surface area contributed by atoms with Gasteiger partial charge in [-0.15, -0.1) is 0 Å². The fourth-order valence-electron chi connectivity index (χ4n) is 3.51. The highest BCUT2D eigenvalue weighted by molar-refractivity contribution is 6.08. The Morgan fingerprint density at radius 2 is 1.58 bits per heavy atom. The Morgan fingerprint density at radius 3 is 2.23 bits per heavy atom. The molecule has 1 saturated carbocycles. The van der Waals surface area contributed by atoms with Crippen LogP contribution in [0.25, 0.3) is 10.8 Å². The highest BCUT2D eigenvalue weighted by atomic mass is 16.5. The Morgan fingerprint density at radius 1 is 0.923 bits per heavy atom. The van der Waals surface area contributed by atoms with Crippen LogP contribution in [0.4, 0.5) is 5.69 Å². The number of amides is 1. The van der Waals surface area contributed by atoms with Crippen molar-refractivity contribution in [1.82, 2.24) is 0 Å². The van der Waals surface area contributed by atoms with Gasteiger partial charge in [0, 0.05) is 16.5 Å². The van der Waals surface area contributed by atoms with Gasteiger partial charge in [-0.3, -0.25) is 4.79 Å². The Kier molecular flexibility index (Phi) is 4.15. The SMILES string of the molecule is CC(C)Oc1ccc(NC(=O)C2(c3ccccc3)CC2)c2ccccc12. The number of carbonyl (C=O) groups excluding carboxylic acids is 1. The fourth-order valence-corrected chi connectivity index (χ4v) is 3.51. The van der Waals surface area contributed by atoms with Gasteiger partial charge in [0.05, 0.1) is 11.5 Å². The third-order valence-electron chi connectivity index (χ3n) is 5.01. The van der Waals surface area contributed by atoms with Gasteiger partial charge in [-0.1, -0.05) is 54.6 Å².